The number of nitrogens with one attached hydrogen (secondary N) is 2. The standard InChI is InChI=1S/C15H10Cl2N2O2S/c16-11-2-1-3-12(17)13(11)14(20)19-15(21)18-10-6-4-9(8-22)5-7-10/h1-8H,(H2,18,19,20,21). The lowest BCUT2D eigenvalue weighted by Gasteiger charge is -2.09. The van der Waals surface area contributed by atoms with Crippen LogP contribution in [-0.4, -0.2) is 17.3 Å². The third-order valence-electron chi connectivity index (χ3n) is 2.72. The molecule has 2 N–H and O–H groups in total. The fourth-order valence-electron chi connectivity index (χ4n) is 1.69. The van der Waals surface area contributed by atoms with E-state index in [1.54, 1.807) is 30.3 Å². The molecule has 0 radical (unpaired) electrons. The van der Waals surface area contributed by atoms with E-state index in [-0.39, 0.29) is 15.6 Å². The topological polar surface area (TPSA) is 58.2 Å². The number of carbonyl (C=O) groups is 2. The lowest BCUT2D eigenvalue weighted by molar-refractivity contribution is 0.0967. The Hall–Kier alpha value is -1.95. The SMILES string of the molecule is O=C(NC(=O)c1c(Cl)cccc1Cl)Nc1ccc(C=S)cc1. The highest BCUT2D eigenvalue weighted by Crippen LogP contribution is 2.23. The molecule has 0 saturated carbocycles. The molecule has 7 heteroatoms. The molecule has 2 aromatic rings. The van der Waals surface area contributed by atoms with Crippen LogP contribution in [0.15, 0.2) is 42.5 Å². The summed E-state index contributed by atoms with van der Waals surface area (Å²) < 4.78 is 0. The molecule has 22 heavy (non-hydrogen) atoms. The second-order valence-corrected chi connectivity index (χ2v) is 5.29. The van der Waals surface area contributed by atoms with Crippen LogP contribution in [-0.2, 0) is 0 Å². The van der Waals surface area contributed by atoms with E-state index in [2.05, 4.69) is 10.6 Å². The molecular formula is C15H10Cl2N2O2S. The molecule has 0 fully saturated rings. The highest BCUT2D eigenvalue weighted by Gasteiger charge is 2.16. The molecule has 0 bridgehead atoms. The number of urea groups is 1. The number of thiocarbonyl (C=S) groups is 1. The normalized spacial score (nSPS) is 9.91. The Balaban J connectivity index is 2.05. The summed E-state index contributed by atoms with van der Waals surface area (Å²) in [5.74, 6) is -0.677. The van der Waals surface area contributed by atoms with Gasteiger partial charge in [0.05, 0.1) is 15.6 Å². The van der Waals surface area contributed by atoms with Gasteiger partial charge in [0.1, 0.15) is 0 Å². The van der Waals surface area contributed by atoms with E-state index >= 15 is 0 Å². The molecule has 2 aromatic carbocycles. The zero-order valence-electron chi connectivity index (χ0n) is 11.1. The van der Waals surface area contributed by atoms with Crippen molar-refractivity contribution in [3.05, 3.63) is 63.6 Å². The molecule has 3 amide bonds. The van der Waals surface area contributed by atoms with Gasteiger partial charge in [0.2, 0.25) is 0 Å². The molecule has 0 unspecified atom stereocenters. The Kier molecular flexibility index (Phi) is 5.49. The molecular weight excluding hydrogens is 343 g/mol. The fraction of sp³-hybridized carbons (Fsp3) is 0. The summed E-state index contributed by atoms with van der Waals surface area (Å²) in [5, 5.41) is 6.56. The average molecular weight is 353 g/mol. The monoisotopic (exact) mass is 352 g/mol. The number of amides is 3. The summed E-state index contributed by atoms with van der Waals surface area (Å²) in [6.07, 6.45) is 0. The van der Waals surface area contributed by atoms with Gasteiger partial charge in [-0.05, 0) is 29.8 Å². The number of hydrogen-bond acceptors (Lipinski definition) is 3. The number of imide groups is 1. The summed E-state index contributed by atoms with van der Waals surface area (Å²) >= 11 is 16.6. The van der Waals surface area contributed by atoms with Crippen molar-refractivity contribution < 1.29 is 9.59 Å². The van der Waals surface area contributed by atoms with Gasteiger partial charge in [0, 0.05) is 11.1 Å². The maximum absolute atomic E-state index is 12.0. The van der Waals surface area contributed by atoms with Gasteiger partial charge in [-0.3, -0.25) is 10.1 Å². The van der Waals surface area contributed by atoms with Crippen LogP contribution in [0.5, 0.6) is 0 Å². The van der Waals surface area contributed by atoms with E-state index in [4.69, 9.17) is 35.4 Å². The summed E-state index contributed by atoms with van der Waals surface area (Å²) in [4.78, 5) is 23.8. The van der Waals surface area contributed by atoms with Gasteiger partial charge < -0.3 is 5.32 Å². The van der Waals surface area contributed by atoms with Crippen LogP contribution >= 0.6 is 35.4 Å². The van der Waals surface area contributed by atoms with Crippen molar-refractivity contribution in [2.75, 3.05) is 5.32 Å². The summed E-state index contributed by atoms with van der Waals surface area (Å²) in [7, 11) is 0. The minimum atomic E-state index is -0.684. The van der Waals surface area contributed by atoms with Crippen molar-refractivity contribution in [2.45, 2.75) is 0 Å². The van der Waals surface area contributed by atoms with Crippen LogP contribution in [0.1, 0.15) is 15.9 Å². The van der Waals surface area contributed by atoms with E-state index in [0.29, 0.717) is 5.69 Å². The second kappa shape index (κ2) is 7.35. The van der Waals surface area contributed by atoms with Crippen LogP contribution in [0, 0.1) is 0 Å². The minimum Gasteiger partial charge on any atom is -0.308 e. The Labute approximate surface area is 142 Å². The van der Waals surface area contributed by atoms with Crippen molar-refractivity contribution in [1.82, 2.24) is 5.32 Å². The first kappa shape index (κ1) is 16.4. The number of halogens is 2. The Morgan fingerprint density at radius 2 is 1.59 bits per heavy atom. The van der Waals surface area contributed by atoms with E-state index in [1.807, 2.05) is 0 Å². The molecule has 0 spiro atoms. The maximum Gasteiger partial charge on any atom is 0.326 e. The lowest BCUT2D eigenvalue weighted by atomic mass is 10.2. The molecule has 0 aliphatic rings. The van der Waals surface area contributed by atoms with Crippen LogP contribution in [0.25, 0.3) is 0 Å². The van der Waals surface area contributed by atoms with E-state index in [9.17, 15) is 9.59 Å². The molecule has 0 atom stereocenters. The van der Waals surface area contributed by atoms with Crippen LogP contribution < -0.4 is 10.6 Å². The first-order valence-electron chi connectivity index (χ1n) is 6.13. The third kappa shape index (κ3) is 4.04. The van der Waals surface area contributed by atoms with Gasteiger partial charge in [-0.1, -0.05) is 53.6 Å². The minimum absolute atomic E-state index is 0.0528. The average Bonchev–Trinajstić information content (AvgIpc) is 2.47. The maximum atomic E-state index is 12.0. The molecule has 0 aliphatic heterocycles. The van der Waals surface area contributed by atoms with Crippen molar-refractivity contribution in [1.29, 1.82) is 0 Å². The zero-order chi connectivity index (χ0) is 16.1. The van der Waals surface area contributed by atoms with Crippen molar-refractivity contribution in [3.8, 4) is 0 Å². The highest BCUT2D eigenvalue weighted by atomic mass is 35.5. The number of anilines is 1. The molecule has 0 aliphatic carbocycles. The first-order chi connectivity index (χ1) is 10.5. The highest BCUT2D eigenvalue weighted by molar-refractivity contribution is 7.79. The predicted octanol–water partition coefficient (Wildman–Crippen LogP) is 4.30. The second-order valence-electron chi connectivity index (χ2n) is 4.24. The smallest absolute Gasteiger partial charge is 0.308 e. The Bertz CT molecular complexity index is 713. The number of carbonyl (C=O) groups excluding carboxylic acids is 2. The van der Waals surface area contributed by atoms with E-state index in [0.717, 1.165) is 5.56 Å². The molecule has 2 rings (SSSR count). The van der Waals surface area contributed by atoms with Gasteiger partial charge >= 0.3 is 6.03 Å². The largest absolute Gasteiger partial charge is 0.326 e. The van der Waals surface area contributed by atoms with Gasteiger partial charge in [-0.2, -0.15) is 0 Å². The molecule has 0 saturated heterocycles. The number of benzene rings is 2. The molecule has 0 heterocycles. The van der Waals surface area contributed by atoms with Crippen LogP contribution in [0.2, 0.25) is 10.0 Å². The van der Waals surface area contributed by atoms with E-state index < -0.39 is 11.9 Å². The summed E-state index contributed by atoms with van der Waals surface area (Å²) in [6.45, 7) is 0. The van der Waals surface area contributed by atoms with E-state index in [1.165, 1.54) is 17.5 Å². The number of rotatable bonds is 3. The van der Waals surface area contributed by atoms with Gasteiger partial charge in [0.15, 0.2) is 0 Å². The van der Waals surface area contributed by atoms with Gasteiger partial charge in [-0.25, -0.2) is 4.79 Å². The zero-order valence-corrected chi connectivity index (χ0v) is 13.4. The summed E-state index contributed by atoms with van der Waals surface area (Å²) in [5.41, 5.74) is 1.42. The van der Waals surface area contributed by atoms with Crippen molar-refractivity contribution in [3.63, 3.8) is 0 Å². The third-order valence-corrected chi connectivity index (χ3v) is 3.62. The van der Waals surface area contributed by atoms with Crippen molar-refractivity contribution >= 4 is 58.4 Å². The van der Waals surface area contributed by atoms with Gasteiger partial charge in [0.25, 0.3) is 5.91 Å². The quantitative estimate of drug-likeness (QED) is 0.809. The Morgan fingerprint density at radius 1 is 1.00 bits per heavy atom. The van der Waals surface area contributed by atoms with Crippen molar-refractivity contribution in [2.24, 2.45) is 0 Å². The lowest BCUT2D eigenvalue weighted by Crippen LogP contribution is -2.34. The van der Waals surface area contributed by atoms with Crippen LogP contribution in [0.4, 0.5) is 10.5 Å². The molecule has 4 nitrogen and oxygen atoms in total. The molecule has 112 valence electrons. The summed E-state index contributed by atoms with van der Waals surface area (Å²) in [6, 6.07) is 10.8. The predicted molar refractivity (Wildman–Crippen MR) is 92.1 cm³/mol. The number of hydrogen-bond donors (Lipinski definition) is 2. The van der Waals surface area contributed by atoms with Crippen LogP contribution in [0.3, 0.4) is 0 Å². The van der Waals surface area contributed by atoms with Gasteiger partial charge in [-0.15, -0.1) is 0 Å². The Morgan fingerprint density at radius 3 is 2.14 bits per heavy atom. The first-order valence-corrected chi connectivity index (χ1v) is 7.35. The fourth-order valence-corrected chi connectivity index (χ4v) is 2.41. The molecule has 0 aromatic heterocycles.